The number of carbonyl (C=O) groups is 2. The summed E-state index contributed by atoms with van der Waals surface area (Å²) in [5.41, 5.74) is 6.19. The Morgan fingerprint density at radius 2 is 1.85 bits per heavy atom. The van der Waals surface area contributed by atoms with Crippen molar-refractivity contribution in [3.63, 3.8) is 0 Å². The van der Waals surface area contributed by atoms with Crippen LogP contribution in [-0.2, 0) is 16.1 Å². The van der Waals surface area contributed by atoms with Crippen LogP contribution in [0.5, 0.6) is 0 Å². The summed E-state index contributed by atoms with van der Waals surface area (Å²) in [7, 11) is 1.08. The highest BCUT2D eigenvalue weighted by Gasteiger charge is 2.41. The number of nitrogens with one attached hydrogen (secondary N) is 1. The molecule has 1 aromatic carbocycles. The van der Waals surface area contributed by atoms with Crippen LogP contribution in [0.15, 0.2) is 24.3 Å². The lowest BCUT2D eigenvalue weighted by Crippen LogP contribution is -2.52. The van der Waals surface area contributed by atoms with Crippen molar-refractivity contribution in [3.05, 3.63) is 29.8 Å². The molecule has 1 fully saturated rings. The zero-order valence-electron chi connectivity index (χ0n) is 14.4. The summed E-state index contributed by atoms with van der Waals surface area (Å²) in [4.78, 5) is 24.2. The van der Waals surface area contributed by atoms with Gasteiger partial charge in [0.2, 0.25) is 5.91 Å². The van der Waals surface area contributed by atoms with Crippen LogP contribution in [0.3, 0.4) is 0 Å². The van der Waals surface area contributed by atoms with Gasteiger partial charge in [0.05, 0.1) is 5.54 Å². The lowest BCUT2D eigenvalue weighted by molar-refractivity contribution is -0.184. The molecule has 2 amide bonds. The van der Waals surface area contributed by atoms with Crippen molar-refractivity contribution < 1.29 is 22.8 Å². The van der Waals surface area contributed by atoms with Gasteiger partial charge in [-0.05, 0) is 30.5 Å². The molecule has 0 bridgehead atoms. The fraction of sp³-hybridized carbons (Fsp3) is 0.529. The molecular weight excluding hydrogens is 371 g/mol. The van der Waals surface area contributed by atoms with Crippen LogP contribution in [0.1, 0.15) is 37.7 Å². The van der Waals surface area contributed by atoms with Gasteiger partial charge in [0.15, 0.2) is 0 Å². The SMILES string of the molecule is CN(Cc1cccc(NC(=O)C2(N)CCCCC2)c1)C(=O)C(F)(F)F.Cl. The third kappa shape index (κ3) is 5.60. The number of rotatable bonds is 4. The standard InChI is InChI=1S/C17H22F3N3O2.ClH/c1-23(15(25)17(18,19)20)11-12-6-5-7-13(10-12)22-14(24)16(21)8-3-2-4-9-16;/h5-7,10H,2-4,8-9,11,21H2,1H3,(H,22,24);1H. The van der Waals surface area contributed by atoms with Crippen LogP contribution in [0.4, 0.5) is 18.9 Å². The van der Waals surface area contributed by atoms with Crippen LogP contribution < -0.4 is 11.1 Å². The van der Waals surface area contributed by atoms with Gasteiger partial charge in [-0.3, -0.25) is 9.59 Å². The second-order valence-corrected chi connectivity index (χ2v) is 6.53. The van der Waals surface area contributed by atoms with Crippen LogP contribution in [0.2, 0.25) is 0 Å². The average molecular weight is 394 g/mol. The van der Waals surface area contributed by atoms with E-state index in [1.807, 2.05) is 0 Å². The second kappa shape index (κ2) is 8.73. The van der Waals surface area contributed by atoms with Crippen molar-refractivity contribution in [2.75, 3.05) is 12.4 Å². The summed E-state index contributed by atoms with van der Waals surface area (Å²) in [6, 6.07) is 6.39. The molecule has 0 heterocycles. The third-order valence-electron chi connectivity index (χ3n) is 4.39. The minimum absolute atomic E-state index is 0. The molecule has 9 heteroatoms. The highest BCUT2D eigenvalue weighted by Crippen LogP contribution is 2.27. The maximum atomic E-state index is 12.4. The van der Waals surface area contributed by atoms with Crippen molar-refractivity contribution in [1.82, 2.24) is 4.90 Å². The van der Waals surface area contributed by atoms with E-state index in [0.717, 1.165) is 26.3 Å². The molecule has 2 rings (SSSR count). The zero-order chi connectivity index (χ0) is 18.7. The minimum atomic E-state index is -4.91. The molecule has 0 radical (unpaired) electrons. The topological polar surface area (TPSA) is 75.4 Å². The van der Waals surface area contributed by atoms with Gasteiger partial charge in [0.1, 0.15) is 0 Å². The van der Waals surface area contributed by atoms with Gasteiger partial charge in [-0.25, -0.2) is 0 Å². The smallest absolute Gasteiger partial charge is 0.334 e. The summed E-state index contributed by atoms with van der Waals surface area (Å²) in [6.45, 7) is -0.212. The van der Waals surface area contributed by atoms with E-state index >= 15 is 0 Å². The Bertz CT molecular complexity index is 646. The number of anilines is 1. The van der Waals surface area contributed by atoms with Gasteiger partial charge < -0.3 is 16.0 Å². The third-order valence-corrected chi connectivity index (χ3v) is 4.39. The van der Waals surface area contributed by atoms with Crippen LogP contribution >= 0.6 is 12.4 Å². The number of hydrogen-bond donors (Lipinski definition) is 2. The molecule has 5 nitrogen and oxygen atoms in total. The van der Waals surface area contributed by atoms with E-state index in [9.17, 15) is 22.8 Å². The Morgan fingerprint density at radius 1 is 1.23 bits per heavy atom. The number of carbonyl (C=O) groups excluding carboxylic acids is 2. The van der Waals surface area contributed by atoms with Gasteiger partial charge in [0, 0.05) is 19.3 Å². The first-order chi connectivity index (χ1) is 11.6. The fourth-order valence-corrected chi connectivity index (χ4v) is 2.97. The molecule has 0 unspecified atom stereocenters. The summed E-state index contributed by atoms with van der Waals surface area (Å²) in [6.07, 6.45) is -0.833. The van der Waals surface area contributed by atoms with E-state index in [2.05, 4.69) is 5.32 Å². The fourth-order valence-electron chi connectivity index (χ4n) is 2.97. The molecule has 1 aromatic rings. The average Bonchev–Trinajstić information content (AvgIpc) is 2.54. The highest BCUT2D eigenvalue weighted by atomic mass is 35.5. The maximum absolute atomic E-state index is 12.4. The van der Waals surface area contributed by atoms with Crippen molar-refractivity contribution in [3.8, 4) is 0 Å². The van der Waals surface area contributed by atoms with Crippen molar-refractivity contribution >= 4 is 29.9 Å². The van der Waals surface area contributed by atoms with E-state index < -0.39 is 17.6 Å². The van der Waals surface area contributed by atoms with E-state index in [4.69, 9.17) is 5.73 Å². The maximum Gasteiger partial charge on any atom is 0.471 e. The molecule has 3 N–H and O–H groups in total. The lowest BCUT2D eigenvalue weighted by atomic mass is 9.82. The Hall–Kier alpha value is -1.80. The molecule has 1 aliphatic carbocycles. The Kier molecular flexibility index (Phi) is 7.46. The number of nitrogens with zero attached hydrogens (tertiary/aromatic N) is 1. The Balaban J connectivity index is 0.00000338. The largest absolute Gasteiger partial charge is 0.471 e. The predicted octanol–water partition coefficient (Wildman–Crippen LogP) is 3.23. The first kappa shape index (κ1) is 22.2. The molecule has 0 aliphatic heterocycles. The van der Waals surface area contributed by atoms with Gasteiger partial charge in [0.25, 0.3) is 0 Å². The number of benzene rings is 1. The van der Waals surface area contributed by atoms with E-state index in [1.54, 1.807) is 24.3 Å². The number of nitrogens with two attached hydrogens (primary N) is 1. The monoisotopic (exact) mass is 393 g/mol. The van der Waals surface area contributed by atoms with Crippen molar-refractivity contribution in [1.29, 1.82) is 0 Å². The zero-order valence-corrected chi connectivity index (χ0v) is 15.3. The van der Waals surface area contributed by atoms with Gasteiger partial charge >= 0.3 is 12.1 Å². The van der Waals surface area contributed by atoms with E-state index in [-0.39, 0.29) is 24.9 Å². The molecule has 26 heavy (non-hydrogen) atoms. The van der Waals surface area contributed by atoms with Gasteiger partial charge in [-0.15, -0.1) is 12.4 Å². The Morgan fingerprint density at radius 3 is 2.42 bits per heavy atom. The van der Waals surface area contributed by atoms with Crippen LogP contribution in [-0.4, -0.2) is 35.5 Å². The second-order valence-electron chi connectivity index (χ2n) is 6.53. The molecule has 1 aliphatic rings. The lowest BCUT2D eigenvalue weighted by Gasteiger charge is -2.31. The summed E-state index contributed by atoms with van der Waals surface area (Å²) in [5, 5.41) is 2.74. The molecule has 0 saturated heterocycles. The summed E-state index contributed by atoms with van der Waals surface area (Å²) in [5.74, 6) is -2.20. The normalized spacial score (nSPS) is 16.3. The van der Waals surface area contributed by atoms with E-state index in [0.29, 0.717) is 29.0 Å². The molecule has 0 atom stereocenters. The molecule has 146 valence electrons. The minimum Gasteiger partial charge on any atom is -0.334 e. The van der Waals surface area contributed by atoms with Gasteiger partial charge in [-0.1, -0.05) is 31.4 Å². The van der Waals surface area contributed by atoms with Crippen LogP contribution in [0, 0.1) is 0 Å². The Labute approximate surface area is 156 Å². The summed E-state index contributed by atoms with van der Waals surface area (Å²) < 4.78 is 37.3. The first-order valence-electron chi connectivity index (χ1n) is 8.13. The molecule has 1 saturated carbocycles. The van der Waals surface area contributed by atoms with Crippen LogP contribution in [0.25, 0.3) is 0 Å². The number of amides is 2. The molecule has 0 aromatic heterocycles. The predicted molar refractivity (Wildman–Crippen MR) is 94.9 cm³/mol. The number of alkyl halides is 3. The van der Waals surface area contributed by atoms with Crippen molar-refractivity contribution in [2.24, 2.45) is 5.73 Å². The summed E-state index contributed by atoms with van der Waals surface area (Å²) >= 11 is 0. The van der Waals surface area contributed by atoms with E-state index in [1.165, 1.54) is 0 Å². The highest BCUT2D eigenvalue weighted by molar-refractivity contribution is 5.98. The quantitative estimate of drug-likeness (QED) is 0.824. The number of halogens is 4. The van der Waals surface area contributed by atoms with Gasteiger partial charge in [-0.2, -0.15) is 13.2 Å². The molecule has 0 spiro atoms. The van der Waals surface area contributed by atoms with Crippen molar-refractivity contribution in [2.45, 2.75) is 50.4 Å². The molecular formula is C17H23ClF3N3O2. The first-order valence-corrected chi connectivity index (χ1v) is 8.13. The number of hydrogen-bond acceptors (Lipinski definition) is 3.